The molecule has 0 unspecified atom stereocenters. The van der Waals surface area contributed by atoms with Crippen molar-refractivity contribution >= 4 is 57.1 Å². The topological polar surface area (TPSA) is 80.3 Å². The lowest BCUT2D eigenvalue weighted by atomic mass is 10.1. The summed E-state index contributed by atoms with van der Waals surface area (Å²) >= 11 is 7.29. The minimum absolute atomic E-state index is 0.240. The van der Waals surface area contributed by atoms with Crippen molar-refractivity contribution in [2.24, 2.45) is 10.1 Å². The molecular weight excluding hydrogens is 456 g/mol. The van der Waals surface area contributed by atoms with Gasteiger partial charge in [-0.15, -0.1) is 0 Å². The van der Waals surface area contributed by atoms with Gasteiger partial charge in [-0.05, 0) is 61.2 Å². The Morgan fingerprint density at radius 3 is 2.48 bits per heavy atom. The summed E-state index contributed by atoms with van der Waals surface area (Å²) in [6.07, 6.45) is 1.89. The molecule has 166 valence electrons. The fraction of sp³-hybridized carbons (Fsp3) is 0.0800. The molecule has 0 aliphatic carbocycles. The van der Waals surface area contributed by atoms with Crippen LogP contribution < -0.4 is 10.7 Å². The van der Waals surface area contributed by atoms with Crippen molar-refractivity contribution in [3.63, 3.8) is 0 Å². The van der Waals surface area contributed by atoms with E-state index in [1.54, 1.807) is 30.1 Å². The van der Waals surface area contributed by atoms with Crippen LogP contribution in [-0.2, 0) is 9.53 Å². The van der Waals surface area contributed by atoms with Gasteiger partial charge in [0.1, 0.15) is 5.03 Å². The highest BCUT2D eigenvalue weighted by Gasteiger charge is 2.29. The lowest BCUT2D eigenvalue weighted by Crippen LogP contribution is -2.13. The number of benzene rings is 3. The number of hydrogen-bond donors (Lipinski definition) is 1. The molecule has 0 amide bonds. The SMILES string of the molecule is CCOC(=O)C1=NN(c2ccc(Cl)cc2)/C(=C\C(=Nc2ccccc2N)c2ccccc2)S1. The van der Waals surface area contributed by atoms with E-state index in [1.165, 1.54) is 11.8 Å². The summed E-state index contributed by atoms with van der Waals surface area (Å²) in [7, 11) is 0. The molecular formula is C25H21ClN4O2S. The molecule has 0 radical (unpaired) electrons. The Bertz CT molecular complexity index is 1240. The molecule has 2 N–H and O–H groups in total. The highest BCUT2D eigenvalue weighted by atomic mass is 35.5. The van der Waals surface area contributed by atoms with Crippen molar-refractivity contribution in [1.29, 1.82) is 0 Å². The number of hydrazone groups is 1. The van der Waals surface area contributed by atoms with Crippen molar-refractivity contribution in [2.45, 2.75) is 6.92 Å². The van der Waals surface area contributed by atoms with Crippen LogP contribution in [-0.4, -0.2) is 23.3 Å². The molecule has 1 heterocycles. The molecule has 0 atom stereocenters. The van der Waals surface area contributed by atoms with Crippen molar-refractivity contribution < 1.29 is 9.53 Å². The van der Waals surface area contributed by atoms with E-state index in [0.29, 0.717) is 27.1 Å². The minimum Gasteiger partial charge on any atom is -0.461 e. The van der Waals surface area contributed by atoms with Crippen LogP contribution >= 0.6 is 23.4 Å². The number of nitrogens with zero attached hydrogens (tertiary/aromatic N) is 3. The Morgan fingerprint density at radius 1 is 1.09 bits per heavy atom. The second kappa shape index (κ2) is 10.4. The van der Waals surface area contributed by atoms with Crippen molar-refractivity contribution in [3.05, 3.63) is 101 Å². The number of aliphatic imine (C=N–C) groups is 1. The molecule has 0 aromatic heterocycles. The molecule has 6 nitrogen and oxygen atoms in total. The number of anilines is 2. The van der Waals surface area contributed by atoms with Crippen LogP contribution in [0.5, 0.6) is 0 Å². The van der Waals surface area contributed by atoms with Gasteiger partial charge in [0.2, 0.25) is 5.04 Å². The maximum atomic E-state index is 12.4. The van der Waals surface area contributed by atoms with E-state index in [2.05, 4.69) is 5.10 Å². The van der Waals surface area contributed by atoms with E-state index in [1.807, 2.05) is 66.7 Å². The zero-order valence-corrected chi connectivity index (χ0v) is 19.4. The number of ether oxygens (including phenoxy) is 1. The number of nitrogen functional groups attached to an aromatic ring is 1. The maximum absolute atomic E-state index is 12.4. The van der Waals surface area contributed by atoms with Gasteiger partial charge >= 0.3 is 5.97 Å². The summed E-state index contributed by atoms with van der Waals surface area (Å²) in [6, 6.07) is 24.4. The van der Waals surface area contributed by atoms with E-state index in [-0.39, 0.29) is 11.7 Å². The van der Waals surface area contributed by atoms with Crippen LogP contribution in [0.15, 0.2) is 100 Å². The van der Waals surface area contributed by atoms with Gasteiger partial charge in [-0.2, -0.15) is 5.10 Å². The van der Waals surface area contributed by atoms with Gasteiger partial charge in [-0.1, -0.05) is 54.1 Å². The third-order valence-electron chi connectivity index (χ3n) is 4.63. The third-order valence-corrected chi connectivity index (χ3v) is 5.82. The standard InChI is InChI=1S/C25H21ClN4O2S/c1-2-32-25(31)24-29-30(19-14-12-18(26)13-15-19)23(33-24)16-22(17-8-4-3-5-9-17)28-21-11-7-6-10-20(21)27/h3-16H,2,27H2,1H3/b23-16+,28-22?. The summed E-state index contributed by atoms with van der Waals surface area (Å²) < 4.78 is 5.17. The molecule has 1 aliphatic heterocycles. The normalized spacial score (nSPS) is 15.0. The fourth-order valence-corrected chi connectivity index (χ4v) is 4.05. The smallest absolute Gasteiger partial charge is 0.365 e. The van der Waals surface area contributed by atoms with Crippen LogP contribution in [0, 0.1) is 0 Å². The Labute approximate surface area is 201 Å². The van der Waals surface area contributed by atoms with Gasteiger partial charge in [0.15, 0.2) is 0 Å². The van der Waals surface area contributed by atoms with Gasteiger partial charge < -0.3 is 10.5 Å². The average Bonchev–Trinajstić information content (AvgIpc) is 3.25. The van der Waals surface area contributed by atoms with E-state index in [9.17, 15) is 4.79 Å². The van der Waals surface area contributed by atoms with Gasteiger partial charge in [0.05, 0.1) is 29.4 Å². The Hall–Kier alpha value is -3.55. The van der Waals surface area contributed by atoms with Crippen LogP contribution in [0.4, 0.5) is 17.1 Å². The number of allylic oxidation sites excluding steroid dienone is 1. The lowest BCUT2D eigenvalue weighted by Gasteiger charge is -2.16. The largest absolute Gasteiger partial charge is 0.461 e. The quantitative estimate of drug-likeness (QED) is 0.267. The molecule has 0 saturated heterocycles. The van der Waals surface area contributed by atoms with Crippen LogP contribution in [0.1, 0.15) is 12.5 Å². The Morgan fingerprint density at radius 2 is 1.79 bits per heavy atom. The number of nitrogens with two attached hydrogens (primary N) is 1. The zero-order valence-electron chi connectivity index (χ0n) is 17.8. The van der Waals surface area contributed by atoms with Gasteiger partial charge in [0.25, 0.3) is 0 Å². The molecule has 0 bridgehead atoms. The van der Waals surface area contributed by atoms with Crippen LogP contribution in [0.25, 0.3) is 0 Å². The molecule has 33 heavy (non-hydrogen) atoms. The number of rotatable bonds is 6. The van der Waals surface area contributed by atoms with Crippen LogP contribution in [0.2, 0.25) is 5.02 Å². The van der Waals surface area contributed by atoms with Crippen molar-refractivity contribution in [3.8, 4) is 0 Å². The third kappa shape index (κ3) is 5.45. The van der Waals surface area contributed by atoms with E-state index >= 15 is 0 Å². The molecule has 0 saturated carbocycles. The first-order chi connectivity index (χ1) is 16.0. The average molecular weight is 477 g/mol. The zero-order chi connectivity index (χ0) is 23.2. The van der Waals surface area contributed by atoms with E-state index in [4.69, 9.17) is 27.1 Å². The number of halogens is 1. The van der Waals surface area contributed by atoms with E-state index < -0.39 is 5.97 Å². The first kappa shape index (κ1) is 22.6. The van der Waals surface area contributed by atoms with Gasteiger partial charge in [0, 0.05) is 10.6 Å². The molecule has 3 aromatic rings. The highest BCUT2D eigenvalue weighted by molar-refractivity contribution is 8.19. The summed E-state index contributed by atoms with van der Waals surface area (Å²) in [5, 5.41) is 7.73. The second-order valence-electron chi connectivity index (χ2n) is 6.92. The number of esters is 1. The number of thioether (sulfide) groups is 1. The summed E-state index contributed by atoms with van der Waals surface area (Å²) in [6.45, 7) is 2.03. The lowest BCUT2D eigenvalue weighted by molar-refractivity contribution is -0.134. The van der Waals surface area contributed by atoms with Crippen molar-refractivity contribution in [2.75, 3.05) is 17.3 Å². The summed E-state index contributed by atoms with van der Waals surface area (Å²) in [5.41, 5.74) is 9.69. The molecule has 3 aromatic carbocycles. The Kier molecular flexibility index (Phi) is 7.12. The first-order valence-electron chi connectivity index (χ1n) is 10.2. The summed E-state index contributed by atoms with van der Waals surface area (Å²) in [4.78, 5) is 17.2. The number of carbonyl (C=O) groups excluding carboxylic acids is 1. The predicted molar refractivity (Wildman–Crippen MR) is 137 cm³/mol. The molecule has 8 heteroatoms. The molecule has 1 aliphatic rings. The number of para-hydroxylation sites is 2. The fourth-order valence-electron chi connectivity index (χ4n) is 3.06. The van der Waals surface area contributed by atoms with Crippen LogP contribution in [0.3, 0.4) is 0 Å². The number of carbonyl (C=O) groups is 1. The highest BCUT2D eigenvalue weighted by Crippen LogP contribution is 2.36. The van der Waals surface area contributed by atoms with E-state index in [0.717, 1.165) is 11.3 Å². The molecule has 0 fully saturated rings. The van der Waals surface area contributed by atoms with Gasteiger partial charge in [-0.25, -0.2) is 14.8 Å². The van der Waals surface area contributed by atoms with Crippen molar-refractivity contribution in [1.82, 2.24) is 0 Å². The molecule has 4 rings (SSSR count). The second-order valence-corrected chi connectivity index (χ2v) is 8.37. The molecule has 0 spiro atoms. The minimum atomic E-state index is -0.477. The number of hydrogen-bond acceptors (Lipinski definition) is 7. The first-order valence-corrected chi connectivity index (χ1v) is 11.4. The predicted octanol–water partition coefficient (Wildman–Crippen LogP) is 6.01. The van der Waals surface area contributed by atoms with Gasteiger partial charge in [-0.3, -0.25) is 0 Å². The summed E-state index contributed by atoms with van der Waals surface area (Å²) in [5.74, 6) is -0.477. The maximum Gasteiger partial charge on any atom is 0.365 e. The monoisotopic (exact) mass is 476 g/mol. The Balaban J connectivity index is 1.81.